The molecule has 4 heteroatoms. The van der Waals surface area contributed by atoms with E-state index in [1.54, 1.807) is 6.20 Å². The maximum absolute atomic E-state index is 10.6. The number of anilines is 1. The number of likely N-dealkylation sites (tertiary alicyclic amines) is 1. The molecule has 1 aliphatic heterocycles. The lowest BCUT2D eigenvalue weighted by Crippen LogP contribution is -2.41. The largest absolute Gasteiger partial charge is 0.385 e. The number of aromatic nitrogens is 1. The predicted molar refractivity (Wildman–Crippen MR) is 64.0 cm³/mol. The van der Waals surface area contributed by atoms with Gasteiger partial charge in [-0.05, 0) is 38.4 Å². The van der Waals surface area contributed by atoms with Crippen LogP contribution in [0.5, 0.6) is 0 Å². The summed E-state index contributed by atoms with van der Waals surface area (Å²) in [5.74, 6) is 0.456. The Kier molecular flexibility index (Phi) is 2.86. The smallest absolute Gasteiger partial charge is 0.129 e. The van der Waals surface area contributed by atoms with E-state index in [1.807, 2.05) is 13.0 Å². The standard InChI is InChI=1S/C12H19N3O/c1-9-7-10(11(13)14-8-9)12(16)3-5-15(2)6-4-12/h7-8,16H,3-6H2,1-2H3,(H2,13,14). The SMILES string of the molecule is Cc1cnc(N)c(C2(O)CCN(C)CC2)c1. The van der Waals surface area contributed by atoms with Gasteiger partial charge in [-0.25, -0.2) is 4.98 Å². The van der Waals surface area contributed by atoms with Crippen molar-refractivity contribution in [3.8, 4) is 0 Å². The summed E-state index contributed by atoms with van der Waals surface area (Å²) in [6, 6.07) is 1.95. The maximum Gasteiger partial charge on any atom is 0.129 e. The summed E-state index contributed by atoms with van der Waals surface area (Å²) in [5.41, 5.74) is 6.89. The molecule has 1 aromatic heterocycles. The fourth-order valence-corrected chi connectivity index (χ4v) is 2.21. The summed E-state index contributed by atoms with van der Waals surface area (Å²) in [6.07, 6.45) is 3.18. The van der Waals surface area contributed by atoms with E-state index in [2.05, 4.69) is 16.9 Å². The van der Waals surface area contributed by atoms with Gasteiger partial charge >= 0.3 is 0 Å². The summed E-state index contributed by atoms with van der Waals surface area (Å²) in [7, 11) is 2.07. The number of nitrogens with zero attached hydrogens (tertiary/aromatic N) is 2. The normalized spacial score (nSPS) is 20.9. The lowest BCUT2D eigenvalue weighted by atomic mass is 9.84. The number of pyridine rings is 1. The second kappa shape index (κ2) is 4.03. The Balaban J connectivity index is 2.32. The van der Waals surface area contributed by atoms with Gasteiger partial charge in [-0.2, -0.15) is 0 Å². The maximum atomic E-state index is 10.6. The molecule has 4 nitrogen and oxygen atoms in total. The summed E-state index contributed by atoms with van der Waals surface area (Å²) >= 11 is 0. The highest BCUT2D eigenvalue weighted by molar-refractivity contribution is 5.45. The number of hydrogen-bond acceptors (Lipinski definition) is 4. The molecule has 16 heavy (non-hydrogen) atoms. The van der Waals surface area contributed by atoms with E-state index in [0.29, 0.717) is 5.82 Å². The van der Waals surface area contributed by atoms with Crippen LogP contribution in [0.1, 0.15) is 24.0 Å². The van der Waals surface area contributed by atoms with E-state index in [9.17, 15) is 5.11 Å². The van der Waals surface area contributed by atoms with Gasteiger partial charge in [0.1, 0.15) is 5.82 Å². The first-order valence-electron chi connectivity index (χ1n) is 5.65. The van der Waals surface area contributed by atoms with Crippen LogP contribution >= 0.6 is 0 Å². The van der Waals surface area contributed by atoms with Gasteiger partial charge in [-0.1, -0.05) is 0 Å². The molecule has 0 aromatic carbocycles. The number of nitrogens with two attached hydrogens (primary N) is 1. The van der Waals surface area contributed by atoms with Crippen LogP contribution in [0.25, 0.3) is 0 Å². The molecule has 2 rings (SSSR count). The first-order chi connectivity index (χ1) is 7.51. The van der Waals surface area contributed by atoms with E-state index < -0.39 is 5.60 Å². The minimum absolute atomic E-state index is 0.456. The zero-order valence-corrected chi connectivity index (χ0v) is 9.90. The van der Waals surface area contributed by atoms with Gasteiger partial charge in [0.2, 0.25) is 0 Å². The lowest BCUT2D eigenvalue weighted by Gasteiger charge is -2.37. The summed E-state index contributed by atoms with van der Waals surface area (Å²) < 4.78 is 0. The van der Waals surface area contributed by atoms with Crippen molar-refractivity contribution in [2.24, 2.45) is 0 Å². The fraction of sp³-hybridized carbons (Fsp3) is 0.583. The van der Waals surface area contributed by atoms with Gasteiger partial charge < -0.3 is 15.7 Å². The first-order valence-corrected chi connectivity index (χ1v) is 5.65. The molecule has 3 N–H and O–H groups in total. The van der Waals surface area contributed by atoms with Crippen LogP contribution in [0.4, 0.5) is 5.82 Å². The Bertz CT molecular complexity index is 384. The molecule has 2 heterocycles. The van der Waals surface area contributed by atoms with Gasteiger partial charge in [-0.3, -0.25) is 0 Å². The molecule has 1 aliphatic rings. The molecule has 88 valence electrons. The second-order valence-electron chi connectivity index (χ2n) is 4.78. The van der Waals surface area contributed by atoms with Gasteiger partial charge in [0, 0.05) is 24.8 Å². The number of aryl methyl sites for hydroxylation is 1. The zero-order chi connectivity index (χ0) is 11.8. The van der Waals surface area contributed by atoms with Crippen LogP contribution in [0.2, 0.25) is 0 Å². The topological polar surface area (TPSA) is 62.4 Å². The van der Waals surface area contributed by atoms with E-state index in [1.165, 1.54) is 0 Å². The number of hydrogen-bond donors (Lipinski definition) is 2. The predicted octanol–water partition coefficient (Wildman–Crippen LogP) is 0.885. The molecule has 0 amide bonds. The van der Waals surface area contributed by atoms with Crippen molar-refractivity contribution in [3.05, 3.63) is 23.4 Å². The Morgan fingerprint density at radius 1 is 1.44 bits per heavy atom. The third-order valence-corrected chi connectivity index (χ3v) is 3.37. The molecule has 0 saturated carbocycles. The van der Waals surface area contributed by atoms with E-state index in [0.717, 1.165) is 37.1 Å². The van der Waals surface area contributed by atoms with Crippen molar-refractivity contribution in [3.63, 3.8) is 0 Å². The van der Waals surface area contributed by atoms with Gasteiger partial charge in [0.15, 0.2) is 0 Å². The van der Waals surface area contributed by atoms with Crippen LogP contribution in [-0.4, -0.2) is 35.1 Å². The molecule has 0 aliphatic carbocycles. The third-order valence-electron chi connectivity index (χ3n) is 3.37. The fourth-order valence-electron chi connectivity index (χ4n) is 2.21. The third kappa shape index (κ3) is 2.03. The number of nitrogen functional groups attached to an aromatic ring is 1. The highest BCUT2D eigenvalue weighted by atomic mass is 16.3. The van der Waals surface area contributed by atoms with Crippen molar-refractivity contribution in [1.82, 2.24) is 9.88 Å². The number of rotatable bonds is 1. The number of aliphatic hydroxyl groups is 1. The Labute approximate surface area is 96.1 Å². The Hall–Kier alpha value is -1.13. The first kappa shape index (κ1) is 11.4. The van der Waals surface area contributed by atoms with E-state index in [4.69, 9.17) is 5.73 Å². The Morgan fingerprint density at radius 2 is 2.06 bits per heavy atom. The van der Waals surface area contributed by atoms with E-state index in [-0.39, 0.29) is 0 Å². The van der Waals surface area contributed by atoms with Crippen LogP contribution in [0.15, 0.2) is 12.3 Å². The molecule has 0 atom stereocenters. The average Bonchev–Trinajstić information content (AvgIpc) is 2.26. The van der Waals surface area contributed by atoms with E-state index >= 15 is 0 Å². The molecule has 0 unspecified atom stereocenters. The average molecular weight is 221 g/mol. The molecule has 0 spiro atoms. The molecule has 0 radical (unpaired) electrons. The Morgan fingerprint density at radius 3 is 2.69 bits per heavy atom. The molecule has 1 fully saturated rings. The molecule has 1 aromatic rings. The second-order valence-corrected chi connectivity index (χ2v) is 4.78. The molecule has 0 bridgehead atoms. The molecular formula is C12H19N3O. The summed E-state index contributed by atoms with van der Waals surface area (Å²) in [5, 5.41) is 10.6. The van der Waals surface area contributed by atoms with Gasteiger partial charge in [0.05, 0.1) is 5.60 Å². The van der Waals surface area contributed by atoms with Crippen molar-refractivity contribution >= 4 is 5.82 Å². The van der Waals surface area contributed by atoms with Gasteiger partial charge in [0.25, 0.3) is 0 Å². The van der Waals surface area contributed by atoms with Crippen LogP contribution in [0.3, 0.4) is 0 Å². The molecule has 1 saturated heterocycles. The minimum atomic E-state index is -0.796. The summed E-state index contributed by atoms with van der Waals surface area (Å²) in [6.45, 7) is 3.75. The van der Waals surface area contributed by atoms with Crippen molar-refractivity contribution in [2.75, 3.05) is 25.9 Å². The van der Waals surface area contributed by atoms with Crippen LogP contribution in [0, 0.1) is 6.92 Å². The van der Waals surface area contributed by atoms with Crippen LogP contribution in [-0.2, 0) is 5.60 Å². The van der Waals surface area contributed by atoms with Crippen molar-refractivity contribution in [2.45, 2.75) is 25.4 Å². The zero-order valence-electron chi connectivity index (χ0n) is 9.90. The quantitative estimate of drug-likeness (QED) is 0.739. The summed E-state index contributed by atoms with van der Waals surface area (Å²) in [4.78, 5) is 6.34. The van der Waals surface area contributed by atoms with Gasteiger partial charge in [-0.15, -0.1) is 0 Å². The lowest BCUT2D eigenvalue weighted by molar-refractivity contribution is -0.0199. The molecular weight excluding hydrogens is 202 g/mol. The van der Waals surface area contributed by atoms with Crippen LogP contribution < -0.4 is 5.73 Å². The minimum Gasteiger partial charge on any atom is -0.385 e. The highest BCUT2D eigenvalue weighted by Gasteiger charge is 2.34. The van der Waals surface area contributed by atoms with Crippen molar-refractivity contribution in [1.29, 1.82) is 0 Å². The number of piperidine rings is 1. The monoisotopic (exact) mass is 221 g/mol. The van der Waals surface area contributed by atoms with Crippen molar-refractivity contribution < 1.29 is 5.11 Å². The highest BCUT2D eigenvalue weighted by Crippen LogP contribution is 2.35.